The van der Waals surface area contributed by atoms with Gasteiger partial charge in [-0.3, -0.25) is 0 Å². The molecular weight excluding hydrogens is 248 g/mol. The second-order valence-electron chi connectivity index (χ2n) is 5.30. The molecule has 1 aliphatic rings. The Morgan fingerprint density at radius 2 is 1.89 bits per heavy atom. The summed E-state index contributed by atoms with van der Waals surface area (Å²) in [4.78, 5) is 23.3. The fourth-order valence-electron chi connectivity index (χ4n) is 1.95. The van der Waals surface area contributed by atoms with Crippen molar-refractivity contribution in [3.8, 4) is 5.75 Å². The number of hydrogen-bond donors (Lipinski definition) is 1. The topological polar surface area (TPSA) is 72.8 Å². The van der Waals surface area contributed by atoms with E-state index in [9.17, 15) is 14.7 Å². The molecule has 0 aromatic heterocycles. The Bertz CT molecular complexity index is 540. The first-order valence-electron chi connectivity index (χ1n) is 6.05. The third-order valence-corrected chi connectivity index (χ3v) is 2.91. The van der Waals surface area contributed by atoms with E-state index in [2.05, 4.69) is 0 Å². The van der Waals surface area contributed by atoms with E-state index in [1.165, 1.54) is 0 Å². The highest BCUT2D eigenvalue weighted by molar-refractivity contribution is 6.00. The van der Waals surface area contributed by atoms with Crippen LogP contribution in [-0.2, 0) is 4.74 Å². The van der Waals surface area contributed by atoms with Crippen molar-refractivity contribution in [2.24, 2.45) is 0 Å². The highest BCUT2D eigenvalue weighted by atomic mass is 16.7. The summed E-state index contributed by atoms with van der Waals surface area (Å²) in [5, 5.41) is 9.27. The summed E-state index contributed by atoms with van der Waals surface area (Å²) in [6.45, 7) is 6.98. The number of carboxylic acids is 1. The van der Waals surface area contributed by atoms with Crippen molar-refractivity contribution >= 4 is 11.9 Å². The molecule has 0 fully saturated rings. The van der Waals surface area contributed by atoms with E-state index in [1.54, 1.807) is 26.0 Å². The van der Waals surface area contributed by atoms with Gasteiger partial charge in [0.2, 0.25) is 5.79 Å². The maximum atomic E-state index is 12.0. The first-order valence-corrected chi connectivity index (χ1v) is 6.05. The predicted molar refractivity (Wildman–Crippen MR) is 67.6 cm³/mol. The largest absolute Gasteiger partial charge is 0.478 e. The van der Waals surface area contributed by atoms with Gasteiger partial charge in [-0.05, 0) is 23.6 Å². The van der Waals surface area contributed by atoms with Crippen molar-refractivity contribution < 1.29 is 24.2 Å². The zero-order valence-electron chi connectivity index (χ0n) is 11.3. The third kappa shape index (κ3) is 2.41. The Morgan fingerprint density at radius 3 is 2.42 bits per heavy atom. The fraction of sp³-hybridized carbons (Fsp3) is 0.429. The van der Waals surface area contributed by atoms with E-state index in [-0.39, 0.29) is 22.8 Å². The SMILES string of the molecule is CC(C)c1cc(C(=O)O)c2c(c1)C(=O)OC(C)(C)O2. The average molecular weight is 264 g/mol. The lowest BCUT2D eigenvalue weighted by atomic mass is 9.96. The maximum absolute atomic E-state index is 12.0. The van der Waals surface area contributed by atoms with Crippen LogP contribution in [0.3, 0.4) is 0 Å². The molecule has 2 rings (SSSR count). The molecule has 5 nitrogen and oxygen atoms in total. The average Bonchev–Trinajstić information content (AvgIpc) is 2.25. The number of aromatic carboxylic acids is 1. The van der Waals surface area contributed by atoms with Gasteiger partial charge in [-0.1, -0.05) is 13.8 Å². The van der Waals surface area contributed by atoms with Crippen molar-refractivity contribution in [2.75, 3.05) is 0 Å². The van der Waals surface area contributed by atoms with Crippen LogP contribution in [0.15, 0.2) is 12.1 Å². The standard InChI is InChI=1S/C14H16O5/c1-7(2)8-5-9(12(15)16)11-10(6-8)13(17)19-14(3,4)18-11/h5-7H,1-4H3,(H,15,16). The van der Waals surface area contributed by atoms with Gasteiger partial charge in [0, 0.05) is 13.8 Å². The minimum absolute atomic E-state index is 0.00840. The van der Waals surface area contributed by atoms with Crippen LogP contribution in [0.5, 0.6) is 5.75 Å². The van der Waals surface area contributed by atoms with Crippen molar-refractivity contribution in [1.29, 1.82) is 0 Å². The number of rotatable bonds is 2. The molecule has 0 unspecified atom stereocenters. The molecule has 19 heavy (non-hydrogen) atoms. The summed E-state index contributed by atoms with van der Waals surface area (Å²) >= 11 is 0. The Hall–Kier alpha value is -2.04. The summed E-state index contributed by atoms with van der Waals surface area (Å²) in [6, 6.07) is 3.17. The molecule has 0 amide bonds. The number of carbonyl (C=O) groups excluding carboxylic acids is 1. The maximum Gasteiger partial charge on any atom is 0.345 e. The van der Waals surface area contributed by atoms with E-state index >= 15 is 0 Å². The van der Waals surface area contributed by atoms with Crippen LogP contribution in [0.25, 0.3) is 0 Å². The van der Waals surface area contributed by atoms with Gasteiger partial charge < -0.3 is 14.6 Å². The van der Waals surface area contributed by atoms with Gasteiger partial charge in [0.1, 0.15) is 11.1 Å². The smallest absolute Gasteiger partial charge is 0.345 e. The Balaban J connectivity index is 2.68. The van der Waals surface area contributed by atoms with Crippen molar-refractivity contribution in [2.45, 2.75) is 39.4 Å². The number of hydrogen-bond acceptors (Lipinski definition) is 4. The van der Waals surface area contributed by atoms with Crippen LogP contribution < -0.4 is 4.74 Å². The number of esters is 1. The van der Waals surface area contributed by atoms with Gasteiger partial charge in [-0.25, -0.2) is 9.59 Å². The lowest BCUT2D eigenvalue weighted by Crippen LogP contribution is -2.39. The summed E-state index contributed by atoms with van der Waals surface area (Å²) in [7, 11) is 0. The van der Waals surface area contributed by atoms with Gasteiger partial charge in [-0.15, -0.1) is 0 Å². The third-order valence-electron chi connectivity index (χ3n) is 2.91. The zero-order chi connectivity index (χ0) is 14.4. The normalized spacial score (nSPS) is 16.6. The van der Waals surface area contributed by atoms with Gasteiger partial charge in [-0.2, -0.15) is 0 Å². The Labute approximate surface area is 111 Å². The molecule has 102 valence electrons. The molecule has 1 N–H and O–H groups in total. The van der Waals surface area contributed by atoms with Crippen LogP contribution >= 0.6 is 0 Å². The summed E-state index contributed by atoms with van der Waals surface area (Å²) < 4.78 is 10.6. The quantitative estimate of drug-likeness (QED) is 0.831. The molecule has 0 atom stereocenters. The van der Waals surface area contributed by atoms with Crippen LogP contribution in [-0.4, -0.2) is 22.8 Å². The molecule has 0 radical (unpaired) electrons. The number of carboxylic acid groups (broad SMARTS) is 1. The molecule has 1 aliphatic heterocycles. The van der Waals surface area contributed by atoms with Gasteiger partial charge in [0.25, 0.3) is 0 Å². The van der Waals surface area contributed by atoms with Crippen molar-refractivity contribution in [1.82, 2.24) is 0 Å². The van der Waals surface area contributed by atoms with Crippen LogP contribution in [0, 0.1) is 0 Å². The van der Waals surface area contributed by atoms with E-state index < -0.39 is 17.7 Å². The van der Waals surface area contributed by atoms with Crippen molar-refractivity contribution in [3.05, 3.63) is 28.8 Å². The summed E-state index contributed by atoms with van der Waals surface area (Å²) in [6.07, 6.45) is 0. The van der Waals surface area contributed by atoms with Gasteiger partial charge in [0.05, 0.1) is 0 Å². The summed E-state index contributed by atoms with van der Waals surface area (Å²) in [5.41, 5.74) is 0.922. The molecule has 5 heteroatoms. The molecule has 1 heterocycles. The number of cyclic esters (lactones) is 1. The van der Waals surface area contributed by atoms with Gasteiger partial charge >= 0.3 is 11.9 Å². The highest BCUT2D eigenvalue weighted by Crippen LogP contribution is 2.36. The monoisotopic (exact) mass is 264 g/mol. The molecule has 0 aliphatic carbocycles. The first-order chi connectivity index (χ1) is 8.71. The predicted octanol–water partition coefficient (Wildman–Crippen LogP) is 2.79. The second-order valence-corrected chi connectivity index (χ2v) is 5.30. The Morgan fingerprint density at radius 1 is 1.26 bits per heavy atom. The molecule has 1 aromatic carbocycles. The van der Waals surface area contributed by atoms with Crippen molar-refractivity contribution in [3.63, 3.8) is 0 Å². The zero-order valence-corrected chi connectivity index (χ0v) is 11.3. The second kappa shape index (κ2) is 4.26. The lowest BCUT2D eigenvalue weighted by molar-refractivity contribution is -0.127. The minimum atomic E-state index is -1.16. The molecule has 0 saturated carbocycles. The van der Waals surface area contributed by atoms with E-state index in [0.29, 0.717) is 0 Å². The molecular formula is C14H16O5. The Kier molecular flexibility index (Phi) is 3.00. The van der Waals surface area contributed by atoms with E-state index in [4.69, 9.17) is 9.47 Å². The molecule has 0 bridgehead atoms. The number of benzene rings is 1. The highest BCUT2D eigenvalue weighted by Gasteiger charge is 2.37. The van der Waals surface area contributed by atoms with Crippen LogP contribution in [0.4, 0.5) is 0 Å². The number of ether oxygens (including phenoxy) is 2. The minimum Gasteiger partial charge on any atom is -0.478 e. The van der Waals surface area contributed by atoms with E-state index in [0.717, 1.165) is 5.56 Å². The van der Waals surface area contributed by atoms with Gasteiger partial charge in [0.15, 0.2) is 5.75 Å². The van der Waals surface area contributed by atoms with Crippen LogP contribution in [0.2, 0.25) is 0 Å². The lowest BCUT2D eigenvalue weighted by Gasteiger charge is -2.32. The number of fused-ring (bicyclic) bond motifs is 1. The number of carbonyl (C=O) groups is 2. The fourth-order valence-corrected chi connectivity index (χ4v) is 1.95. The first kappa shape index (κ1) is 13.4. The van der Waals surface area contributed by atoms with E-state index in [1.807, 2.05) is 13.8 Å². The molecule has 0 spiro atoms. The molecule has 0 saturated heterocycles. The summed E-state index contributed by atoms with van der Waals surface area (Å²) in [5.74, 6) is -2.65. The molecule has 1 aromatic rings. The van der Waals surface area contributed by atoms with Crippen LogP contribution in [0.1, 0.15) is 59.9 Å².